The zero-order chi connectivity index (χ0) is 18.1. The Balaban J connectivity index is 2.05. The van der Waals surface area contributed by atoms with Gasteiger partial charge in [0, 0.05) is 0 Å². The molecule has 1 fully saturated rings. The van der Waals surface area contributed by atoms with Crippen molar-refractivity contribution in [3.05, 3.63) is 64.7 Å². The molecule has 1 aliphatic rings. The van der Waals surface area contributed by atoms with Crippen LogP contribution in [0.25, 0.3) is 6.08 Å². The fourth-order valence-electron chi connectivity index (χ4n) is 2.59. The number of benzene rings is 2. The van der Waals surface area contributed by atoms with E-state index >= 15 is 0 Å². The van der Waals surface area contributed by atoms with Crippen LogP contribution in [0.3, 0.4) is 0 Å². The summed E-state index contributed by atoms with van der Waals surface area (Å²) in [7, 11) is 0. The second-order valence-corrected chi connectivity index (χ2v) is 5.77. The van der Waals surface area contributed by atoms with Crippen molar-refractivity contribution < 1.29 is 19.5 Å². The molecule has 0 bridgehead atoms. The topological polar surface area (TPSA) is 86.7 Å². The lowest BCUT2D eigenvalue weighted by Gasteiger charge is -2.28. The van der Waals surface area contributed by atoms with Crippen LogP contribution in [0.4, 0.5) is 10.5 Å². The number of aromatic hydroxyl groups is 1. The Morgan fingerprint density at radius 1 is 1.00 bits per heavy atom. The van der Waals surface area contributed by atoms with Gasteiger partial charge in [0.25, 0.3) is 11.8 Å². The summed E-state index contributed by atoms with van der Waals surface area (Å²) in [6, 6.07) is 10.6. The van der Waals surface area contributed by atoms with Crippen molar-refractivity contribution in [2.45, 2.75) is 13.8 Å². The monoisotopic (exact) mass is 336 g/mol. The van der Waals surface area contributed by atoms with Crippen molar-refractivity contribution in [1.82, 2.24) is 5.32 Å². The Hall–Kier alpha value is -3.41. The number of phenols is 1. The van der Waals surface area contributed by atoms with Gasteiger partial charge in [-0.3, -0.25) is 14.9 Å². The fourth-order valence-corrected chi connectivity index (χ4v) is 2.59. The first-order chi connectivity index (χ1) is 11.9. The third-order valence-corrected chi connectivity index (χ3v) is 4.12. The molecule has 1 aliphatic heterocycles. The van der Waals surface area contributed by atoms with Crippen molar-refractivity contribution in [3.8, 4) is 5.75 Å². The van der Waals surface area contributed by atoms with E-state index in [9.17, 15) is 19.5 Å². The molecule has 0 unspecified atom stereocenters. The molecular weight excluding hydrogens is 320 g/mol. The molecule has 0 saturated carbocycles. The van der Waals surface area contributed by atoms with Crippen molar-refractivity contribution in [3.63, 3.8) is 0 Å². The lowest BCUT2D eigenvalue weighted by molar-refractivity contribution is -0.122. The highest BCUT2D eigenvalue weighted by Crippen LogP contribution is 2.27. The number of hydrogen-bond donors (Lipinski definition) is 2. The predicted octanol–water partition coefficient (Wildman–Crippen LogP) is 2.68. The molecule has 6 heteroatoms. The average molecular weight is 336 g/mol. The highest BCUT2D eigenvalue weighted by Gasteiger charge is 2.37. The number of phenolic OH excluding ortho intramolecular Hbond substituents is 1. The number of urea groups is 1. The molecule has 0 spiro atoms. The van der Waals surface area contributed by atoms with Crippen LogP contribution >= 0.6 is 0 Å². The van der Waals surface area contributed by atoms with E-state index in [0.29, 0.717) is 11.3 Å². The quantitative estimate of drug-likeness (QED) is 0.652. The van der Waals surface area contributed by atoms with Gasteiger partial charge in [-0.2, -0.15) is 0 Å². The number of aryl methyl sites for hydroxylation is 1. The Morgan fingerprint density at radius 3 is 2.36 bits per heavy atom. The van der Waals surface area contributed by atoms with E-state index in [4.69, 9.17) is 0 Å². The normalized spacial score (nSPS) is 16.3. The Morgan fingerprint density at radius 2 is 1.68 bits per heavy atom. The largest absolute Gasteiger partial charge is 0.508 e. The summed E-state index contributed by atoms with van der Waals surface area (Å²) in [6.45, 7) is 3.69. The lowest BCUT2D eigenvalue weighted by Crippen LogP contribution is -2.54. The first-order valence-corrected chi connectivity index (χ1v) is 7.65. The molecule has 0 atom stereocenters. The standard InChI is InChI=1S/C19H16N2O4/c1-11-4-3-5-16(12(11)2)21-18(24)15(17(23)20-19(21)25)10-13-6-8-14(22)9-7-13/h3-10,22H,1-2H3,(H,20,23,25). The first kappa shape index (κ1) is 16.4. The highest BCUT2D eigenvalue weighted by molar-refractivity contribution is 6.39. The zero-order valence-electron chi connectivity index (χ0n) is 13.7. The van der Waals surface area contributed by atoms with E-state index < -0.39 is 17.8 Å². The van der Waals surface area contributed by atoms with Gasteiger partial charge in [0.1, 0.15) is 11.3 Å². The molecule has 4 amide bonds. The minimum Gasteiger partial charge on any atom is -0.508 e. The van der Waals surface area contributed by atoms with E-state index in [2.05, 4.69) is 5.32 Å². The molecule has 0 radical (unpaired) electrons. The predicted molar refractivity (Wildman–Crippen MR) is 93.0 cm³/mol. The SMILES string of the molecule is Cc1cccc(N2C(=O)NC(=O)C(=Cc3ccc(O)cc3)C2=O)c1C. The Labute approximate surface area is 144 Å². The van der Waals surface area contributed by atoms with Crippen LogP contribution < -0.4 is 10.2 Å². The van der Waals surface area contributed by atoms with Crippen LogP contribution in [0.1, 0.15) is 16.7 Å². The highest BCUT2D eigenvalue weighted by atomic mass is 16.3. The third kappa shape index (κ3) is 3.01. The molecule has 6 nitrogen and oxygen atoms in total. The number of barbiturate groups is 1. The molecule has 0 aliphatic carbocycles. The van der Waals surface area contributed by atoms with Crippen LogP contribution in [-0.4, -0.2) is 23.0 Å². The summed E-state index contributed by atoms with van der Waals surface area (Å²) < 4.78 is 0. The molecule has 126 valence electrons. The maximum atomic E-state index is 12.8. The summed E-state index contributed by atoms with van der Waals surface area (Å²) >= 11 is 0. The molecule has 1 saturated heterocycles. The van der Waals surface area contributed by atoms with Gasteiger partial charge < -0.3 is 5.11 Å². The van der Waals surface area contributed by atoms with Crippen LogP contribution in [0.15, 0.2) is 48.0 Å². The van der Waals surface area contributed by atoms with Crippen LogP contribution in [-0.2, 0) is 9.59 Å². The minimum absolute atomic E-state index is 0.0776. The summed E-state index contributed by atoms with van der Waals surface area (Å²) in [5, 5.41) is 11.5. The van der Waals surface area contributed by atoms with E-state index in [1.54, 1.807) is 24.3 Å². The van der Waals surface area contributed by atoms with Gasteiger partial charge in [-0.15, -0.1) is 0 Å². The second kappa shape index (κ2) is 6.24. The van der Waals surface area contributed by atoms with E-state index in [-0.39, 0.29) is 11.3 Å². The molecular formula is C19H16N2O4. The molecule has 25 heavy (non-hydrogen) atoms. The molecule has 2 N–H and O–H groups in total. The Bertz CT molecular complexity index is 914. The number of nitrogens with zero attached hydrogens (tertiary/aromatic N) is 1. The number of hydrogen-bond acceptors (Lipinski definition) is 4. The van der Waals surface area contributed by atoms with Crippen LogP contribution in [0.2, 0.25) is 0 Å². The van der Waals surface area contributed by atoms with E-state index in [1.807, 2.05) is 19.9 Å². The van der Waals surface area contributed by atoms with Gasteiger partial charge in [-0.1, -0.05) is 24.3 Å². The number of rotatable bonds is 2. The lowest BCUT2D eigenvalue weighted by atomic mass is 10.0. The van der Waals surface area contributed by atoms with E-state index in [1.165, 1.54) is 18.2 Å². The molecule has 2 aromatic rings. The maximum Gasteiger partial charge on any atom is 0.335 e. The first-order valence-electron chi connectivity index (χ1n) is 7.65. The van der Waals surface area contributed by atoms with Crippen LogP contribution in [0.5, 0.6) is 5.75 Å². The average Bonchev–Trinajstić information content (AvgIpc) is 2.57. The molecule has 2 aromatic carbocycles. The van der Waals surface area contributed by atoms with Gasteiger partial charge >= 0.3 is 6.03 Å². The number of nitrogens with one attached hydrogen (secondary N) is 1. The molecule has 0 aromatic heterocycles. The number of amides is 4. The molecule has 1 heterocycles. The summed E-state index contributed by atoms with van der Waals surface area (Å²) in [5.74, 6) is -1.35. The van der Waals surface area contributed by atoms with Crippen molar-refractivity contribution in [2.24, 2.45) is 0 Å². The van der Waals surface area contributed by atoms with Crippen molar-refractivity contribution in [2.75, 3.05) is 4.90 Å². The van der Waals surface area contributed by atoms with Crippen molar-refractivity contribution in [1.29, 1.82) is 0 Å². The maximum absolute atomic E-state index is 12.8. The fraction of sp³-hybridized carbons (Fsp3) is 0.105. The van der Waals surface area contributed by atoms with Gasteiger partial charge in [0.15, 0.2) is 0 Å². The minimum atomic E-state index is -0.772. The molecule has 3 rings (SSSR count). The smallest absolute Gasteiger partial charge is 0.335 e. The third-order valence-electron chi connectivity index (χ3n) is 4.12. The summed E-state index contributed by atoms with van der Waals surface area (Å²) in [6.07, 6.45) is 1.39. The number of imide groups is 2. The Kier molecular flexibility index (Phi) is 4.10. The summed E-state index contributed by atoms with van der Waals surface area (Å²) in [4.78, 5) is 38.1. The van der Waals surface area contributed by atoms with Crippen molar-refractivity contribution >= 4 is 29.6 Å². The zero-order valence-corrected chi connectivity index (χ0v) is 13.7. The van der Waals surface area contributed by atoms with Gasteiger partial charge in [-0.05, 0) is 54.8 Å². The van der Waals surface area contributed by atoms with Gasteiger partial charge in [0.05, 0.1) is 5.69 Å². The number of carbonyl (C=O) groups is 3. The number of carbonyl (C=O) groups excluding carboxylic acids is 3. The van der Waals surface area contributed by atoms with Gasteiger partial charge in [-0.25, -0.2) is 9.69 Å². The van der Waals surface area contributed by atoms with E-state index in [0.717, 1.165) is 16.0 Å². The number of anilines is 1. The second-order valence-electron chi connectivity index (χ2n) is 5.77. The van der Waals surface area contributed by atoms with Crippen LogP contribution in [0, 0.1) is 13.8 Å². The summed E-state index contributed by atoms with van der Waals surface area (Å²) in [5.41, 5.74) is 2.56. The van der Waals surface area contributed by atoms with Gasteiger partial charge in [0.2, 0.25) is 0 Å².